The van der Waals surface area contributed by atoms with Gasteiger partial charge in [-0.2, -0.15) is 0 Å². The van der Waals surface area contributed by atoms with Crippen molar-refractivity contribution >= 4 is 0 Å². The molecule has 2 atom stereocenters. The van der Waals surface area contributed by atoms with Crippen LogP contribution in [0.3, 0.4) is 0 Å². The lowest BCUT2D eigenvalue weighted by atomic mass is 9.97. The van der Waals surface area contributed by atoms with Crippen molar-refractivity contribution in [1.29, 1.82) is 0 Å². The highest BCUT2D eigenvalue weighted by Gasteiger charge is 2.15. The normalized spacial score (nSPS) is 13.4. The lowest BCUT2D eigenvalue weighted by molar-refractivity contribution is 0.172. The van der Waals surface area contributed by atoms with Crippen LogP contribution in [0.5, 0.6) is 0 Å². The molecule has 0 aromatic heterocycles. The van der Waals surface area contributed by atoms with Crippen molar-refractivity contribution in [3.05, 3.63) is 107 Å². The van der Waals surface area contributed by atoms with Crippen LogP contribution in [-0.4, -0.2) is 11.7 Å². The Labute approximate surface area is 143 Å². The minimum absolute atomic E-state index is 0.0603. The van der Waals surface area contributed by atoms with Crippen molar-refractivity contribution in [1.82, 2.24) is 5.32 Å². The van der Waals surface area contributed by atoms with Crippen molar-refractivity contribution in [3.63, 3.8) is 0 Å². The summed E-state index contributed by atoms with van der Waals surface area (Å²) in [6.45, 7) is 2.59. The third kappa shape index (κ3) is 4.10. The van der Waals surface area contributed by atoms with Crippen LogP contribution in [0.1, 0.15) is 34.4 Å². The Morgan fingerprint density at radius 3 is 1.79 bits per heavy atom. The van der Waals surface area contributed by atoms with Gasteiger partial charge in [-0.3, -0.25) is 0 Å². The summed E-state index contributed by atoms with van der Waals surface area (Å²) in [5.74, 6) is 0. The number of nitrogens with one attached hydrogen (secondary N) is 1. The summed E-state index contributed by atoms with van der Waals surface area (Å²) >= 11 is 0. The fourth-order valence-corrected chi connectivity index (χ4v) is 2.86. The smallest absolute Gasteiger partial charge is 0.0914 e. The van der Waals surface area contributed by atoms with E-state index in [0.717, 1.165) is 5.56 Å². The fraction of sp³-hybridized carbons (Fsp3) is 0.182. The fourth-order valence-electron chi connectivity index (χ4n) is 2.86. The number of aliphatic hydroxyl groups is 1. The van der Waals surface area contributed by atoms with E-state index in [1.165, 1.54) is 16.7 Å². The van der Waals surface area contributed by atoms with E-state index in [2.05, 4.69) is 48.6 Å². The van der Waals surface area contributed by atoms with Crippen LogP contribution in [0, 0.1) is 6.92 Å². The quantitative estimate of drug-likeness (QED) is 0.706. The lowest BCUT2D eigenvalue weighted by Gasteiger charge is -2.22. The number of hydrogen-bond donors (Lipinski definition) is 2. The van der Waals surface area contributed by atoms with Gasteiger partial charge in [0.05, 0.1) is 12.1 Å². The van der Waals surface area contributed by atoms with Gasteiger partial charge in [0.1, 0.15) is 0 Å². The first-order valence-corrected chi connectivity index (χ1v) is 8.32. The van der Waals surface area contributed by atoms with Gasteiger partial charge in [-0.25, -0.2) is 0 Å². The molecule has 0 aliphatic carbocycles. The van der Waals surface area contributed by atoms with Crippen LogP contribution >= 0.6 is 0 Å². The standard InChI is InChI=1S/C22H23NO/c1-17-12-14-20(15-13-17)22(19-10-6-3-7-11-19)23-16-21(24)18-8-4-2-5-9-18/h2-15,21-24H,16H2,1H3/t21-,22+/m1/s1. The Kier molecular flexibility index (Phi) is 5.42. The molecule has 2 nitrogen and oxygen atoms in total. The second-order valence-electron chi connectivity index (χ2n) is 6.09. The monoisotopic (exact) mass is 317 g/mol. The molecule has 3 rings (SSSR count). The molecular formula is C22H23NO. The molecule has 0 bridgehead atoms. The molecular weight excluding hydrogens is 294 g/mol. The topological polar surface area (TPSA) is 32.3 Å². The van der Waals surface area contributed by atoms with Crippen molar-refractivity contribution in [2.75, 3.05) is 6.54 Å². The predicted molar refractivity (Wildman–Crippen MR) is 98.9 cm³/mol. The van der Waals surface area contributed by atoms with Gasteiger partial charge in [0.15, 0.2) is 0 Å². The molecule has 0 saturated heterocycles. The number of benzene rings is 3. The van der Waals surface area contributed by atoms with E-state index in [9.17, 15) is 5.11 Å². The van der Waals surface area contributed by atoms with Gasteiger partial charge in [0.25, 0.3) is 0 Å². The second-order valence-corrected chi connectivity index (χ2v) is 6.09. The van der Waals surface area contributed by atoms with E-state index in [-0.39, 0.29) is 6.04 Å². The Hall–Kier alpha value is -2.42. The molecule has 3 aromatic rings. The molecule has 0 radical (unpaired) electrons. The van der Waals surface area contributed by atoms with E-state index < -0.39 is 6.10 Å². The van der Waals surface area contributed by atoms with E-state index >= 15 is 0 Å². The zero-order valence-corrected chi connectivity index (χ0v) is 13.9. The zero-order valence-electron chi connectivity index (χ0n) is 13.9. The van der Waals surface area contributed by atoms with Gasteiger partial charge in [0, 0.05) is 6.54 Å². The second kappa shape index (κ2) is 7.91. The average molecular weight is 317 g/mol. The third-order valence-corrected chi connectivity index (χ3v) is 4.24. The Bertz CT molecular complexity index is 738. The maximum Gasteiger partial charge on any atom is 0.0914 e. The van der Waals surface area contributed by atoms with Crippen molar-refractivity contribution < 1.29 is 5.11 Å². The summed E-state index contributed by atoms with van der Waals surface area (Å²) in [5, 5.41) is 14.0. The van der Waals surface area contributed by atoms with Crippen molar-refractivity contribution in [2.45, 2.75) is 19.1 Å². The van der Waals surface area contributed by atoms with E-state index in [4.69, 9.17) is 0 Å². The molecule has 24 heavy (non-hydrogen) atoms. The molecule has 0 aliphatic heterocycles. The van der Waals surface area contributed by atoms with Crippen LogP contribution in [0.25, 0.3) is 0 Å². The molecule has 2 N–H and O–H groups in total. The van der Waals surface area contributed by atoms with Crippen LogP contribution in [0.4, 0.5) is 0 Å². The summed E-state index contributed by atoms with van der Waals surface area (Å²) in [6.07, 6.45) is -0.525. The molecule has 0 fully saturated rings. The van der Waals surface area contributed by atoms with Crippen LogP contribution < -0.4 is 5.32 Å². The highest BCUT2D eigenvalue weighted by molar-refractivity contribution is 5.33. The van der Waals surface area contributed by atoms with Gasteiger partial charge >= 0.3 is 0 Å². The zero-order chi connectivity index (χ0) is 16.8. The van der Waals surface area contributed by atoms with Gasteiger partial charge in [-0.15, -0.1) is 0 Å². The van der Waals surface area contributed by atoms with E-state index in [1.54, 1.807) is 0 Å². The van der Waals surface area contributed by atoms with Gasteiger partial charge < -0.3 is 10.4 Å². The largest absolute Gasteiger partial charge is 0.387 e. The SMILES string of the molecule is Cc1ccc([C@@H](NC[C@@H](O)c2ccccc2)c2ccccc2)cc1. The molecule has 2 heteroatoms. The number of hydrogen-bond acceptors (Lipinski definition) is 2. The number of aryl methyl sites for hydroxylation is 1. The molecule has 0 unspecified atom stereocenters. The van der Waals surface area contributed by atoms with E-state index in [0.29, 0.717) is 6.54 Å². The number of rotatable bonds is 6. The van der Waals surface area contributed by atoms with Crippen molar-refractivity contribution in [3.8, 4) is 0 Å². The Morgan fingerprint density at radius 2 is 1.21 bits per heavy atom. The van der Waals surface area contributed by atoms with Crippen molar-refractivity contribution in [2.24, 2.45) is 0 Å². The summed E-state index contributed by atoms with van der Waals surface area (Å²) < 4.78 is 0. The predicted octanol–water partition coefficient (Wildman–Crippen LogP) is 4.41. The molecule has 0 aliphatic rings. The van der Waals surface area contributed by atoms with Gasteiger partial charge in [-0.05, 0) is 23.6 Å². The molecule has 0 amide bonds. The summed E-state index contributed by atoms with van der Waals surface area (Å²) in [6, 6.07) is 28.7. The Balaban J connectivity index is 1.79. The average Bonchev–Trinajstić information content (AvgIpc) is 2.65. The molecule has 0 spiro atoms. The Morgan fingerprint density at radius 1 is 0.708 bits per heavy atom. The van der Waals surface area contributed by atoms with Crippen LogP contribution in [-0.2, 0) is 0 Å². The third-order valence-electron chi connectivity index (χ3n) is 4.24. The first kappa shape index (κ1) is 16.4. The van der Waals surface area contributed by atoms with Crippen LogP contribution in [0.15, 0.2) is 84.9 Å². The van der Waals surface area contributed by atoms with Gasteiger partial charge in [-0.1, -0.05) is 90.5 Å². The molecule has 122 valence electrons. The summed E-state index contributed by atoms with van der Waals surface area (Å²) in [7, 11) is 0. The first-order chi connectivity index (χ1) is 11.7. The van der Waals surface area contributed by atoms with Gasteiger partial charge in [0.2, 0.25) is 0 Å². The maximum absolute atomic E-state index is 10.4. The summed E-state index contributed by atoms with van der Waals surface area (Å²) in [5.41, 5.74) is 4.57. The first-order valence-electron chi connectivity index (χ1n) is 8.32. The molecule has 3 aromatic carbocycles. The highest BCUT2D eigenvalue weighted by Crippen LogP contribution is 2.23. The lowest BCUT2D eigenvalue weighted by Crippen LogP contribution is -2.27. The molecule has 0 heterocycles. The maximum atomic E-state index is 10.4. The molecule has 0 saturated carbocycles. The number of aliphatic hydroxyl groups excluding tert-OH is 1. The minimum Gasteiger partial charge on any atom is -0.387 e. The highest BCUT2D eigenvalue weighted by atomic mass is 16.3. The van der Waals surface area contributed by atoms with E-state index in [1.807, 2.05) is 48.5 Å². The van der Waals surface area contributed by atoms with Crippen LogP contribution in [0.2, 0.25) is 0 Å². The summed E-state index contributed by atoms with van der Waals surface area (Å²) in [4.78, 5) is 0. The minimum atomic E-state index is -0.525.